The van der Waals surface area contributed by atoms with Crippen molar-refractivity contribution in [2.75, 3.05) is 17.1 Å². The number of sulfonamides is 1. The van der Waals surface area contributed by atoms with E-state index in [1.807, 2.05) is 6.92 Å². The number of hydrogen-bond acceptors (Lipinski definition) is 4. The van der Waals surface area contributed by atoms with Gasteiger partial charge in [-0.15, -0.1) is 0 Å². The molecule has 0 saturated carbocycles. The molecule has 0 aromatic heterocycles. The van der Waals surface area contributed by atoms with E-state index < -0.39 is 22.1 Å². The lowest BCUT2D eigenvalue weighted by molar-refractivity contribution is -0.144. The molecule has 0 bridgehead atoms. The van der Waals surface area contributed by atoms with Crippen LogP contribution in [0.4, 0.5) is 5.69 Å². The number of anilines is 1. The number of carboxylic acid groups (broad SMARTS) is 1. The van der Waals surface area contributed by atoms with Gasteiger partial charge >= 0.3 is 5.97 Å². The number of carbonyl (C=O) groups is 1. The smallest absolute Gasteiger partial charge is 0.344 e. The van der Waals surface area contributed by atoms with Crippen LogP contribution in [0.1, 0.15) is 26.7 Å². The van der Waals surface area contributed by atoms with Crippen LogP contribution in [0.25, 0.3) is 0 Å². The first-order valence-corrected chi connectivity index (χ1v) is 8.35. The molecule has 0 aliphatic rings. The number of unbranched alkanes of at least 4 members (excludes halogenated alkanes) is 1. The molecule has 0 amide bonds. The van der Waals surface area contributed by atoms with Crippen LogP contribution in [0.15, 0.2) is 24.3 Å². The fourth-order valence-electron chi connectivity index (χ4n) is 1.61. The molecule has 1 atom stereocenters. The maximum Gasteiger partial charge on any atom is 0.344 e. The Bertz CT molecular complexity index is 568. The highest BCUT2D eigenvalue weighted by molar-refractivity contribution is 7.92. The molecule has 6 nitrogen and oxygen atoms in total. The predicted octanol–water partition coefficient (Wildman–Crippen LogP) is 2.10. The number of nitrogens with zero attached hydrogens (tertiary/aromatic N) is 1. The summed E-state index contributed by atoms with van der Waals surface area (Å²) in [5, 5.41) is 8.76. The number of carboxylic acids is 1. The van der Waals surface area contributed by atoms with Gasteiger partial charge in [-0.05, 0) is 37.6 Å². The van der Waals surface area contributed by atoms with Crippen molar-refractivity contribution in [3.63, 3.8) is 0 Å². The molecule has 1 unspecified atom stereocenters. The van der Waals surface area contributed by atoms with Gasteiger partial charge in [0.2, 0.25) is 10.0 Å². The molecule has 1 N–H and O–H groups in total. The van der Waals surface area contributed by atoms with Crippen molar-refractivity contribution in [3.8, 4) is 5.75 Å². The summed E-state index contributed by atoms with van der Waals surface area (Å²) < 4.78 is 30.5. The highest BCUT2D eigenvalue weighted by Crippen LogP contribution is 2.22. The first-order chi connectivity index (χ1) is 9.77. The van der Waals surface area contributed by atoms with Crippen LogP contribution < -0.4 is 9.04 Å². The topological polar surface area (TPSA) is 83.9 Å². The van der Waals surface area contributed by atoms with Gasteiger partial charge in [-0.2, -0.15) is 0 Å². The van der Waals surface area contributed by atoms with Crippen molar-refractivity contribution >= 4 is 21.7 Å². The second-order valence-electron chi connectivity index (χ2n) is 4.73. The second kappa shape index (κ2) is 7.31. The SMILES string of the molecule is CCCCS(=O)(=O)N(C)c1ccc(OC(C)C(=O)O)cc1. The third kappa shape index (κ3) is 4.93. The Morgan fingerprint density at radius 3 is 2.38 bits per heavy atom. The van der Waals surface area contributed by atoms with Crippen molar-refractivity contribution in [1.29, 1.82) is 0 Å². The summed E-state index contributed by atoms with van der Waals surface area (Å²) in [6.45, 7) is 3.36. The summed E-state index contributed by atoms with van der Waals surface area (Å²) in [4.78, 5) is 10.7. The van der Waals surface area contributed by atoms with Crippen molar-refractivity contribution in [3.05, 3.63) is 24.3 Å². The van der Waals surface area contributed by atoms with E-state index in [1.54, 1.807) is 24.3 Å². The summed E-state index contributed by atoms with van der Waals surface area (Å²) in [5.74, 6) is -0.569. The van der Waals surface area contributed by atoms with Gasteiger partial charge < -0.3 is 9.84 Å². The molecular weight excluding hydrogens is 294 g/mol. The third-order valence-corrected chi connectivity index (χ3v) is 4.88. The van der Waals surface area contributed by atoms with E-state index in [4.69, 9.17) is 9.84 Å². The highest BCUT2D eigenvalue weighted by Gasteiger charge is 2.18. The highest BCUT2D eigenvalue weighted by atomic mass is 32.2. The standard InChI is InChI=1S/C14H21NO5S/c1-4-5-10-21(18,19)15(3)12-6-8-13(9-7-12)20-11(2)14(16)17/h6-9,11H,4-5,10H2,1-3H3,(H,16,17). The Balaban J connectivity index is 2.80. The summed E-state index contributed by atoms with van der Waals surface area (Å²) in [5.41, 5.74) is 0.515. The van der Waals surface area contributed by atoms with Gasteiger partial charge in [0.25, 0.3) is 0 Å². The third-order valence-electron chi connectivity index (χ3n) is 3.03. The molecule has 0 heterocycles. The van der Waals surface area contributed by atoms with E-state index in [-0.39, 0.29) is 5.75 Å². The average Bonchev–Trinajstić information content (AvgIpc) is 2.45. The minimum Gasteiger partial charge on any atom is -0.479 e. The summed E-state index contributed by atoms with van der Waals surface area (Å²) in [7, 11) is -1.83. The Hall–Kier alpha value is -1.76. The lowest BCUT2D eigenvalue weighted by atomic mass is 10.3. The van der Waals surface area contributed by atoms with Crippen molar-refractivity contribution in [2.24, 2.45) is 0 Å². The van der Waals surface area contributed by atoms with Crippen molar-refractivity contribution < 1.29 is 23.1 Å². The minimum atomic E-state index is -3.33. The molecule has 0 spiro atoms. The number of rotatable bonds is 8. The van der Waals surface area contributed by atoms with Crippen LogP contribution in [-0.2, 0) is 14.8 Å². The normalized spacial score (nSPS) is 12.7. The largest absolute Gasteiger partial charge is 0.479 e. The van der Waals surface area contributed by atoms with Gasteiger partial charge in [-0.25, -0.2) is 13.2 Å². The zero-order chi connectivity index (χ0) is 16.0. The van der Waals surface area contributed by atoms with Gasteiger partial charge in [0.1, 0.15) is 5.75 Å². The Kier molecular flexibility index (Phi) is 6.02. The van der Waals surface area contributed by atoms with Gasteiger partial charge in [0.15, 0.2) is 6.10 Å². The number of benzene rings is 1. The van der Waals surface area contributed by atoms with Gasteiger partial charge in [0, 0.05) is 7.05 Å². The van der Waals surface area contributed by atoms with Crippen LogP contribution in [0.2, 0.25) is 0 Å². The van der Waals surface area contributed by atoms with Crippen molar-refractivity contribution in [1.82, 2.24) is 0 Å². The zero-order valence-electron chi connectivity index (χ0n) is 12.4. The Morgan fingerprint density at radius 2 is 1.90 bits per heavy atom. The summed E-state index contributed by atoms with van der Waals surface area (Å²) >= 11 is 0. The van der Waals surface area contributed by atoms with Crippen LogP contribution in [-0.4, -0.2) is 38.4 Å². The van der Waals surface area contributed by atoms with Crippen LogP contribution in [0.5, 0.6) is 5.75 Å². The quantitative estimate of drug-likeness (QED) is 0.794. The molecule has 0 aliphatic carbocycles. The number of aliphatic carboxylic acids is 1. The lowest BCUT2D eigenvalue weighted by Crippen LogP contribution is -2.29. The molecule has 7 heteroatoms. The molecular formula is C14H21NO5S. The van der Waals surface area contributed by atoms with E-state index in [1.165, 1.54) is 18.3 Å². The molecule has 1 rings (SSSR count). The molecule has 0 saturated heterocycles. The predicted molar refractivity (Wildman–Crippen MR) is 81.3 cm³/mol. The molecule has 21 heavy (non-hydrogen) atoms. The van der Waals surface area contributed by atoms with E-state index in [0.29, 0.717) is 17.9 Å². The number of hydrogen-bond donors (Lipinski definition) is 1. The molecule has 0 aliphatic heterocycles. The maximum atomic E-state index is 12.1. The van der Waals surface area contributed by atoms with E-state index in [2.05, 4.69) is 0 Å². The zero-order valence-corrected chi connectivity index (χ0v) is 13.3. The maximum absolute atomic E-state index is 12.1. The minimum absolute atomic E-state index is 0.105. The Morgan fingerprint density at radius 1 is 1.33 bits per heavy atom. The lowest BCUT2D eigenvalue weighted by Gasteiger charge is -2.20. The second-order valence-corrected chi connectivity index (χ2v) is 6.85. The number of ether oxygens (including phenoxy) is 1. The molecule has 118 valence electrons. The first-order valence-electron chi connectivity index (χ1n) is 6.74. The molecule has 1 aromatic carbocycles. The molecule has 0 fully saturated rings. The fraction of sp³-hybridized carbons (Fsp3) is 0.500. The van der Waals surface area contributed by atoms with Gasteiger partial charge in [-0.1, -0.05) is 13.3 Å². The van der Waals surface area contributed by atoms with Gasteiger partial charge in [-0.3, -0.25) is 4.31 Å². The summed E-state index contributed by atoms with van der Waals surface area (Å²) in [6, 6.07) is 6.29. The first kappa shape index (κ1) is 17.3. The Labute approximate surface area is 125 Å². The summed E-state index contributed by atoms with van der Waals surface area (Å²) in [6.07, 6.45) is 0.471. The molecule has 0 radical (unpaired) electrons. The van der Waals surface area contributed by atoms with Crippen LogP contribution >= 0.6 is 0 Å². The monoisotopic (exact) mass is 315 g/mol. The van der Waals surface area contributed by atoms with Gasteiger partial charge in [0.05, 0.1) is 11.4 Å². The van der Waals surface area contributed by atoms with Crippen molar-refractivity contribution in [2.45, 2.75) is 32.8 Å². The van der Waals surface area contributed by atoms with E-state index >= 15 is 0 Å². The fourth-order valence-corrected chi connectivity index (χ4v) is 2.98. The van der Waals surface area contributed by atoms with Crippen LogP contribution in [0, 0.1) is 0 Å². The van der Waals surface area contributed by atoms with Crippen LogP contribution in [0.3, 0.4) is 0 Å². The van der Waals surface area contributed by atoms with E-state index in [0.717, 1.165) is 6.42 Å². The van der Waals surface area contributed by atoms with E-state index in [9.17, 15) is 13.2 Å². The average molecular weight is 315 g/mol. The molecule has 1 aromatic rings.